The minimum atomic E-state index is -0.375. The van der Waals surface area contributed by atoms with Crippen LogP contribution in [0.25, 0.3) is 0 Å². The van der Waals surface area contributed by atoms with Crippen molar-refractivity contribution in [2.24, 2.45) is 5.41 Å². The number of methoxy groups -OCH3 is 1. The average molecular weight is 306 g/mol. The molecule has 1 heterocycles. The molecule has 0 spiro atoms. The summed E-state index contributed by atoms with van der Waals surface area (Å²) < 4.78 is 10.9. The van der Waals surface area contributed by atoms with Crippen molar-refractivity contribution in [2.75, 3.05) is 40.0 Å². The first-order chi connectivity index (χ1) is 10.8. The van der Waals surface area contributed by atoms with Crippen molar-refractivity contribution < 1.29 is 14.3 Å². The van der Waals surface area contributed by atoms with E-state index in [9.17, 15) is 4.79 Å². The summed E-state index contributed by atoms with van der Waals surface area (Å²) in [6, 6.07) is 9.72. The number of benzene rings is 1. The Balaban J connectivity index is 1.69. The fourth-order valence-electron chi connectivity index (χ4n) is 2.79. The van der Waals surface area contributed by atoms with Gasteiger partial charge in [-0.25, -0.2) is 0 Å². The molecule has 1 aromatic carbocycles. The number of amides is 1. The smallest absolute Gasteiger partial charge is 0.228 e. The molecule has 2 N–H and O–H groups in total. The molecular formula is C17H26N2O3. The molecule has 22 heavy (non-hydrogen) atoms. The number of para-hydroxylation sites is 1. The van der Waals surface area contributed by atoms with Crippen molar-refractivity contribution in [2.45, 2.75) is 19.3 Å². The lowest BCUT2D eigenvalue weighted by atomic mass is 9.78. The van der Waals surface area contributed by atoms with E-state index < -0.39 is 0 Å². The van der Waals surface area contributed by atoms with Gasteiger partial charge in [-0.3, -0.25) is 4.79 Å². The number of carbonyl (C=O) groups is 1. The minimum absolute atomic E-state index is 0.107. The van der Waals surface area contributed by atoms with E-state index in [-0.39, 0.29) is 11.3 Å². The zero-order valence-electron chi connectivity index (χ0n) is 13.3. The molecule has 1 amide bonds. The van der Waals surface area contributed by atoms with Gasteiger partial charge in [0.05, 0.1) is 18.6 Å². The van der Waals surface area contributed by atoms with Crippen LogP contribution in [0.2, 0.25) is 0 Å². The number of rotatable bonds is 8. The zero-order valence-corrected chi connectivity index (χ0v) is 13.3. The summed E-state index contributed by atoms with van der Waals surface area (Å²) >= 11 is 0. The van der Waals surface area contributed by atoms with Crippen LogP contribution < -0.4 is 15.4 Å². The van der Waals surface area contributed by atoms with Crippen LogP contribution in [0.1, 0.15) is 19.3 Å². The third kappa shape index (κ3) is 4.71. The maximum absolute atomic E-state index is 12.5. The Kier molecular flexibility index (Phi) is 6.68. The summed E-state index contributed by atoms with van der Waals surface area (Å²) in [6.07, 6.45) is 2.45. The molecule has 0 aliphatic carbocycles. The minimum Gasteiger partial charge on any atom is -0.494 e. The van der Waals surface area contributed by atoms with Gasteiger partial charge in [0.2, 0.25) is 5.91 Å². The summed E-state index contributed by atoms with van der Waals surface area (Å²) in [7, 11) is 1.66. The summed E-state index contributed by atoms with van der Waals surface area (Å²) in [5.74, 6) is 0.971. The summed E-state index contributed by atoms with van der Waals surface area (Å²) in [4.78, 5) is 12.5. The zero-order chi connectivity index (χ0) is 15.7. The van der Waals surface area contributed by atoms with Gasteiger partial charge < -0.3 is 20.1 Å². The topological polar surface area (TPSA) is 59.6 Å². The fourth-order valence-corrected chi connectivity index (χ4v) is 2.79. The number of hydrogen-bond acceptors (Lipinski definition) is 4. The maximum Gasteiger partial charge on any atom is 0.228 e. The number of hydrogen-bond donors (Lipinski definition) is 2. The second kappa shape index (κ2) is 8.76. The van der Waals surface area contributed by atoms with Gasteiger partial charge in [-0.2, -0.15) is 0 Å². The molecule has 1 fully saturated rings. The molecule has 5 nitrogen and oxygen atoms in total. The van der Waals surface area contributed by atoms with Gasteiger partial charge in [0.1, 0.15) is 5.75 Å². The highest BCUT2D eigenvalue weighted by Gasteiger charge is 2.39. The number of piperidine rings is 1. The molecule has 1 aliphatic rings. The Morgan fingerprint density at radius 1 is 1.27 bits per heavy atom. The van der Waals surface area contributed by atoms with Crippen LogP contribution in [0.3, 0.4) is 0 Å². The SMILES string of the molecule is COCC1(C(=O)NCCCOc2ccccc2)CCNCC1. The molecule has 5 heteroatoms. The highest BCUT2D eigenvalue weighted by Crippen LogP contribution is 2.29. The molecule has 2 rings (SSSR count). The third-order valence-corrected chi connectivity index (χ3v) is 4.08. The van der Waals surface area contributed by atoms with Gasteiger partial charge in [-0.1, -0.05) is 18.2 Å². The normalized spacial score (nSPS) is 17.0. The van der Waals surface area contributed by atoms with E-state index in [2.05, 4.69) is 10.6 Å². The van der Waals surface area contributed by atoms with Gasteiger partial charge in [0.25, 0.3) is 0 Å². The Labute approximate surface area is 132 Å². The van der Waals surface area contributed by atoms with Crippen molar-refractivity contribution in [1.82, 2.24) is 10.6 Å². The molecular weight excluding hydrogens is 280 g/mol. The van der Waals surface area contributed by atoms with Crippen molar-refractivity contribution in [3.8, 4) is 5.75 Å². The number of carbonyl (C=O) groups excluding carboxylic acids is 1. The Bertz CT molecular complexity index is 439. The highest BCUT2D eigenvalue weighted by molar-refractivity contribution is 5.82. The van der Waals surface area contributed by atoms with Crippen LogP contribution in [0.4, 0.5) is 0 Å². The monoisotopic (exact) mass is 306 g/mol. The van der Waals surface area contributed by atoms with Crippen molar-refractivity contribution in [1.29, 1.82) is 0 Å². The Morgan fingerprint density at radius 3 is 2.68 bits per heavy atom. The first-order valence-electron chi connectivity index (χ1n) is 7.93. The van der Waals surface area contributed by atoms with Crippen molar-refractivity contribution in [3.05, 3.63) is 30.3 Å². The molecule has 0 atom stereocenters. The van der Waals surface area contributed by atoms with Gasteiger partial charge in [-0.05, 0) is 44.5 Å². The molecule has 1 saturated heterocycles. The van der Waals surface area contributed by atoms with E-state index >= 15 is 0 Å². The summed E-state index contributed by atoms with van der Waals surface area (Å²) in [6.45, 7) is 3.45. The van der Waals surface area contributed by atoms with Crippen molar-refractivity contribution in [3.63, 3.8) is 0 Å². The molecule has 0 aromatic heterocycles. The predicted octanol–water partition coefficient (Wildman–Crippen LogP) is 1.59. The molecule has 0 radical (unpaired) electrons. The molecule has 1 aliphatic heterocycles. The van der Waals surface area contributed by atoms with Gasteiger partial charge in [0, 0.05) is 13.7 Å². The number of nitrogens with one attached hydrogen (secondary N) is 2. The van der Waals surface area contributed by atoms with Crippen molar-refractivity contribution >= 4 is 5.91 Å². The Morgan fingerprint density at radius 2 is 2.00 bits per heavy atom. The standard InChI is InChI=1S/C17H26N2O3/c1-21-14-17(8-11-18-12-9-17)16(20)19-10-5-13-22-15-6-3-2-4-7-15/h2-4,6-7,18H,5,8-14H2,1H3,(H,19,20). The Hall–Kier alpha value is -1.59. The van der Waals surface area contributed by atoms with E-state index in [0.29, 0.717) is 19.8 Å². The van der Waals surface area contributed by atoms with E-state index in [4.69, 9.17) is 9.47 Å². The van der Waals surface area contributed by atoms with E-state index in [1.54, 1.807) is 7.11 Å². The second-order valence-corrected chi connectivity index (χ2v) is 5.73. The van der Waals surface area contributed by atoms with Gasteiger partial charge in [-0.15, -0.1) is 0 Å². The number of ether oxygens (including phenoxy) is 2. The molecule has 0 unspecified atom stereocenters. The van der Waals surface area contributed by atoms with Crippen LogP contribution in [0.5, 0.6) is 5.75 Å². The maximum atomic E-state index is 12.5. The highest BCUT2D eigenvalue weighted by atomic mass is 16.5. The fraction of sp³-hybridized carbons (Fsp3) is 0.588. The first kappa shape index (κ1) is 16.8. The second-order valence-electron chi connectivity index (χ2n) is 5.73. The molecule has 1 aromatic rings. The molecule has 0 saturated carbocycles. The van der Waals surface area contributed by atoms with Crippen LogP contribution in [-0.2, 0) is 9.53 Å². The summed E-state index contributed by atoms with van der Waals surface area (Å²) in [5.41, 5.74) is -0.375. The lowest BCUT2D eigenvalue weighted by Gasteiger charge is -2.35. The lowest BCUT2D eigenvalue weighted by molar-refractivity contribution is -0.136. The van der Waals surface area contributed by atoms with E-state index in [0.717, 1.165) is 38.1 Å². The molecule has 122 valence electrons. The van der Waals surface area contributed by atoms with Gasteiger partial charge >= 0.3 is 0 Å². The molecule has 0 bridgehead atoms. The van der Waals surface area contributed by atoms with E-state index in [1.165, 1.54) is 0 Å². The van der Waals surface area contributed by atoms with E-state index in [1.807, 2.05) is 30.3 Å². The quantitative estimate of drug-likeness (QED) is 0.716. The van der Waals surface area contributed by atoms with Crippen LogP contribution in [-0.4, -0.2) is 45.9 Å². The largest absolute Gasteiger partial charge is 0.494 e. The lowest BCUT2D eigenvalue weighted by Crippen LogP contribution is -2.50. The third-order valence-electron chi connectivity index (χ3n) is 4.08. The first-order valence-corrected chi connectivity index (χ1v) is 7.93. The predicted molar refractivity (Wildman–Crippen MR) is 86.0 cm³/mol. The van der Waals surface area contributed by atoms with Crippen LogP contribution in [0.15, 0.2) is 30.3 Å². The van der Waals surface area contributed by atoms with Gasteiger partial charge in [0.15, 0.2) is 0 Å². The van der Waals surface area contributed by atoms with Crippen LogP contribution >= 0.6 is 0 Å². The summed E-state index contributed by atoms with van der Waals surface area (Å²) in [5, 5.41) is 6.33. The van der Waals surface area contributed by atoms with Crippen LogP contribution in [0, 0.1) is 5.41 Å². The average Bonchev–Trinajstić information content (AvgIpc) is 2.56.